The fourth-order valence-electron chi connectivity index (χ4n) is 3.83. The van der Waals surface area contributed by atoms with E-state index in [0.29, 0.717) is 31.4 Å². The van der Waals surface area contributed by atoms with Gasteiger partial charge in [-0.25, -0.2) is 9.79 Å². The lowest BCUT2D eigenvalue weighted by atomic mass is 9.95. The molecule has 3 aromatic rings. The van der Waals surface area contributed by atoms with Gasteiger partial charge < -0.3 is 14.2 Å². The first-order chi connectivity index (χ1) is 16.3. The Morgan fingerprint density at radius 3 is 2.50 bits per heavy atom. The van der Waals surface area contributed by atoms with Crippen molar-refractivity contribution < 1.29 is 19.0 Å². The summed E-state index contributed by atoms with van der Waals surface area (Å²) in [6.45, 7) is 1.72. The highest BCUT2D eigenvalue weighted by molar-refractivity contribution is 14.1. The number of methoxy groups -OCH3 is 3. The zero-order valence-electron chi connectivity index (χ0n) is 18.7. The number of ether oxygens (including phenoxy) is 3. The van der Waals surface area contributed by atoms with Crippen molar-refractivity contribution in [3.8, 4) is 11.5 Å². The molecule has 10 heteroatoms. The summed E-state index contributed by atoms with van der Waals surface area (Å²) in [4.78, 5) is 31.5. The van der Waals surface area contributed by atoms with Crippen LogP contribution in [-0.2, 0) is 9.53 Å². The summed E-state index contributed by atoms with van der Waals surface area (Å²) < 4.78 is 18.8. The Labute approximate surface area is 218 Å². The van der Waals surface area contributed by atoms with Crippen LogP contribution in [0, 0.1) is 3.57 Å². The molecule has 7 nitrogen and oxygen atoms in total. The van der Waals surface area contributed by atoms with E-state index < -0.39 is 12.0 Å². The number of allylic oxidation sites excluding steroid dienone is 1. The maximum atomic E-state index is 13.7. The second kappa shape index (κ2) is 9.93. The third kappa shape index (κ3) is 4.39. The maximum absolute atomic E-state index is 13.7. The van der Waals surface area contributed by atoms with Gasteiger partial charge in [0.25, 0.3) is 5.56 Å². The zero-order chi connectivity index (χ0) is 24.6. The van der Waals surface area contributed by atoms with Crippen LogP contribution in [0.5, 0.6) is 11.5 Å². The van der Waals surface area contributed by atoms with Crippen LogP contribution in [0.2, 0.25) is 5.02 Å². The molecule has 0 spiro atoms. The van der Waals surface area contributed by atoms with Gasteiger partial charge in [-0.15, -0.1) is 0 Å². The molecule has 0 radical (unpaired) electrons. The molecular weight excluding hydrogens is 591 g/mol. The molecule has 2 aromatic carbocycles. The fraction of sp³-hybridized carbons (Fsp3) is 0.208. The van der Waals surface area contributed by atoms with E-state index in [1.54, 1.807) is 38.3 Å². The Bertz CT molecular complexity index is 1510. The molecule has 2 heterocycles. The largest absolute Gasteiger partial charge is 0.496 e. The maximum Gasteiger partial charge on any atom is 0.338 e. The molecule has 0 fully saturated rings. The van der Waals surface area contributed by atoms with E-state index in [1.165, 1.54) is 30.1 Å². The van der Waals surface area contributed by atoms with Crippen LogP contribution in [0.4, 0.5) is 0 Å². The molecule has 0 saturated heterocycles. The number of halogens is 2. The second-order valence-electron chi connectivity index (χ2n) is 7.35. The monoisotopic (exact) mass is 610 g/mol. The number of rotatable bonds is 5. The van der Waals surface area contributed by atoms with E-state index in [2.05, 4.69) is 27.6 Å². The van der Waals surface area contributed by atoms with Gasteiger partial charge in [0.1, 0.15) is 17.5 Å². The molecule has 4 rings (SSSR count). The molecule has 34 heavy (non-hydrogen) atoms. The van der Waals surface area contributed by atoms with E-state index in [0.717, 1.165) is 14.9 Å². The lowest BCUT2D eigenvalue weighted by molar-refractivity contribution is -0.136. The quantitative estimate of drug-likeness (QED) is 0.325. The molecule has 1 aromatic heterocycles. The highest BCUT2D eigenvalue weighted by Crippen LogP contribution is 2.37. The number of carbonyl (C=O) groups is 1. The Balaban J connectivity index is 2.00. The lowest BCUT2D eigenvalue weighted by Crippen LogP contribution is -2.40. The van der Waals surface area contributed by atoms with Crippen molar-refractivity contribution in [2.24, 2.45) is 4.99 Å². The minimum absolute atomic E-state index is 0.251. The molecule has 0 amide bonds. The number of aromatic nitrogens is 1. The summed E-state index contributed by atoms with van der Waals surface area (Å²) in [5.74, 6) is 0.669. The summed E-state index contributed by atoms with van der Waals surface area (Å²) in [5.41, 5.74) is 1.84. The molecule has 1 aliphatic heterocycles. The van der Waals surface area contributed by atoms with Gasteiger partial charge in [0, 0.05) is 10.6 Å². The van der Waals surface area contributed by atoms with Crippen molar-refractivity contribution in [3.05, 3.63) is 87.1 Å². The van der Waals surface area contributed by atoms with Crippen molar-refractivity contribution in [1.29, 1.82) is 0 Å². The van der Waals surface area contributed by atoms with Crippen LogP contribution in [0.3, 0.4) is 0 Å². The lowest BCUT2D eigenvalue weighted by Gasteiger charge is -2.25. The zero-order valence-corrected chi connectivity index (χ0v) is 22.4. The number of esters is 1. The molecule has 1 atom stereocenters. The van der Waals surface area contributed by atoms with Crippen LogP contribution < -0.4 is 24.4 Å². The van der Waals surface area contributed by atoms with Crippen LogP contribution in [0.25, 0.3) is 6.08 Å². The van der Waals surface area contributed by atoms with Crippen molar-refractivity contribution >= 4 is 57.6 Å². The number of thiazole rings is 1. The van der Waals surface area contributed by atoms with Gasteiger partial charge in [0.15, 0.2) is 4.80 Å². The van der Waals surface area contributed by atoms with E-state index in [-0.39, 0.29) is 11.1 Å². The average Bonchev–Trinajstić information content (AvgIpc) is 3.12. The number of nitrogens with zero attached hydrogens (tertiary/aromatic N) is 2. The van der Waals surface area contributed by atoms with Gasteiger partial charge in [0.2, 0.25) is 0 Å². The summed E-state index contributed by atoms with van der Waals surface area (Å²) in [7, 11) is 4.43. The van der Waals surface area contributed by atoms with Gasteiger partial charge in [-0.2, -0.15) is 0 Å². The van der Waals surface area contributed by atoms with E-state index >= 15 is 0 Å². The molecule has 0 N–H and O–H groups in total. The Morgan fingerprint density at radius 1 is 1.15 bits per heavy atom. The van der Waals surface area contributed by atoms with Crippen LogP contribution in [-0.4, -0.2) is 31.9 Å². The Kier molecular flexibility index (Phi) is 7.15. The first-order valence-electron chi connectivity index (χ1n) is 10.1. The van der Waals surface area contributed by atoms with Gasteiger partial charge in [-0.3, -0.25) is 9.36 Å². The van der Waals surface area contributed by atoms with Crippen LogP contribution in [0.1, 0.15) is 24.1 Å². The third-order valence-corrected chi connectivity index (χ3v) is 7.45. The number of fused-ring (bicyclic) bond motifs is 1. The summed E-state index contributed by atoms with van der Waals surface area (Å²) >= 11 is 9.73. The Morgan fingerprint density at radius 2 is 1.85 bits per heavy atom. The van der Waals surface area contributed by atoms with Gasteiger partial charge in [-0.05, 0) is 71.5 Å². The van der Waals surface area contributed by atoms with E-state index in [1.807, 2.05) is 18.2 Å². The summed E-state index contributed by atoms with van der Waals surface area (Å²) in [6.07, 6.45) is 1.80. The summed E-state index contributed by atoms with van der Waals surface area (Å²) in [6, 6.07) is 9.93. The van der Waals surface area contributed by atoms with Gasteiger partial charge in [0.05, 0.1) is 40.7 Å². The topological polar surface area (TPSA) is 79.1 Å². The highest BCUT2D eigenvalue weighted by atomic mass is 127. The number of carbonyl (C=O) groups excluding carboxylic acids is 1. The molecular formula is C24H20ClIN2O5S. The number of hydrogen-bond donors (Lipinski definition) is 0. The normalized spacial score (nSPS) is 15.6. The van der Waals surface area contributed by atoms with E-state index in [4.69, 9.17) is 25.8 Å². The highest BCUT2D eigenvalue weighted by Gasteiger charge is 2.35. The van der Waals surface area contributed by atoms with Gasteiger partial charge >= 0.3 is 5.97 Å². The first-order valence-corrected chi connectivity index (χ1v) is 12.3. The van der Waals surface area contributed by atoms with Crippen LogP contribution in [0.15, 0.2) is 57.5 Å². The van der Waals surface area contributed by atoms with Crippen LogP contribution >= 0.6 is 45.5 Å². The van der Waals surface area contributed by atoms with Crippen molar-refractivity contribution in [1.82, 2.24) is 4.57 Å². The molecule has 0 saturated carbocycles. The minimum atomic E-state index is -0.810. The third-order valence-electron chi connectivity index (χ3n) is 5.39. The predicted octanol–water partition coefficient (Wildman–Crippen LogP) is 3.68. The van der Waals surface area contributed by atoms with Gasteiger partial charge in [-0.1, -0.05) is 29.0 Å². The smallest absolute Gasteiger partial charge is 0.338 e. The molecule has 176 valence electrons. The van der Waals surface area contributed by atoms with Crippen molar-refractivity contribution in [3.63, 3.8) is 0 Å². The number of benzene rings is 2. The standard InChI is InChI=1S/C24H20ClIN2O5S/c1-12-20(23(30)33-4)21(15-11-14(25)6-8-17(15)31-2)28-22(29)19(34-24(28)27-12)10-13-5-7-18(32-3)16(26)9-13/h5-11,21H,1-4H3/b19-10-/t21-/m0/s1. The molecule has 0 bridgehead atoms. The molecule has 0 unspecified atom stereocenters. The predicted molar refractivity (Wildman–Crippen MR) is 139 cm³/mol. The van der Waals surface area contributed by atoms with E-state index in [9.17, 15) is 9.59 Å². The summed E-state index contributed by atoms with van der Waals surface area (Å²) in [5, 5.41) is 0.449. The molecule has 0 aliphatic carbocycles. The second-order valence-corrected chi connectivity index (χ2v) is 9.96. The number of hydrogen-bond acceptors (Lipinski definition) is 7. The fourth-order valence-corrected chi connectivity index (χ4v) is 5.82. The van der Waals surface area contributed by atoms with Crippen molar-refractivity contribution in [2.45, 2.75) is 13.0 Å². The van der Waals surface area contributed by atoms with Crippen molar-refractivity contribution in [2.75, 3.05) is 21.3 Å². The average molecular weight is 611 g/mol. The molecule has 1 aliphatic rings. The minimum Gasteiger partial charge on any atom is -0.496 e. The SMILES string of the molecule is COC(=O)C1=C(C)N=c2s/c(=C\c3ccc(OC)c(I)c3)c(=O)n2[C@H]1c1cc(Cl)ccc1OC. The first kappa shape index (κ1) is 24.5. The Hall–Kier alpha value is -2.63.